The molecule has 0 bridgehead atoms. The number of para-hydroxylation sites is 1. The average molecular weight is 423 g/mol. The number of nitrogens with zero attached hydrogens (tertiary/aromatic N) is 3. The predicted octanol–water partition coefficient (Wildman–Crippen LogP) is 4.21. The van der Waals surface area contributed by atoms with Gasteiger partial charge in [-0.1, -0.05) is 47.2 Å². The van der Waals surface area contributed by atoms with E-state index < -0.39 is 10.0 Å². The number of rotatable bonds is 6. The predicted molar refractivity (Wildman–Crippen MR) is 110 cm³/mol. The smallest absolute Gasteiger partial charge is 0.284 e. The summed E-state index contributed by atoms with van der Waals surface area (Å²) in [7, 11) is -3.85. The topological polar surface area (TPSA) is 74.1 Å². The minimum absolute atomic E-state index is 0.130. The molecule has 0 aliphatic carbocycles. The highest BCUT2D eigenvalue weighted by atomic mass is 32.2. The lowest BCUT2D eigenvalue weighted by Gasteiger charge is -2.10. The zero-order chi connectivity index (χ0) is 21.1. The van der Waals surface area contributed by atoms with Gasteiger partial charge in [-0.25, -0.2) is 4.39 Å². The number of hydrogen-bond donors (Lipinski definition) is 0. The Morgan fingerprint density at radius 1 is 0.967 bits per heavy atom. The third kappa shape index (κ3) is 4.08. The summed E-state index contributed by atoms with van der Waals surface area (Å²) >= 11 is 0. The normalized spacial score (nSPS) is 11.4. The summed E-state index contributed by atoms with van der Waals surface area (Å²) < 4.78 is 45.4. The van der Waals surface area contributed by atoms with Gasteiger partial charge >= 0.3 is 0 Å². The highest BCUT2D eigenvalue weighted by Crippen LogP contribution is 2.29. The number of ether oxygens (including phenoxy) is 1. The van der Waals surface area contributed by atoms with E-state index in [2.05, 4.69) is 10.3 Å². The first-order chi connectivity index (χ1) is 14.4. The van der Waals surface area contributed by atoms with Crippen LogP contribution in [0.4, 0.5) is 4.39 Å². The number of benzene rings is 3. The van der Waals surface area contributed by atoms with Crippen molar-refractivity contribution in [2.45, 2.75) is 18.4 Å². The molecule has 0 unspecified atom stereocenters. The Balaban J connectivity index is 1.60. The highest BCUT2D eigenvalue weighted by Gasteiger charge is 2.20. The Morgan fingerprint density at radius 2 is 1.67 bits per heavy atom. The van der Waals surface area contributed by atoms with Gasteiger partial charge in [0.15, 0.2) is 0 Å². The molecule has 0 spiro atoms. The Kier molecular flexibility index (Phi) is 5.33. The van der Waals surface area contributed by atoms with Gasteiger partial charge in [0.2, 0.25) is 0 Å². The molecule has 6 nitrogen and oxygen atoms in total. The van der Waals surface area contributed by atoms with Crippen molar-refractivity contribution < 1.29 is 17.5 Å². The van der Waals surface area contributed by atoms with E-state index in [-0.39, 0.29) is 17.3 Å². The molecule has 0 amide bonds. The van der Waals surface area contributed by atoms with Gasteiger partial charge in [0.1, 0.15) is 23.9 Å². The summed E-state index contributed by atoms with van der Waals surface area (Å²) in [5.41, 5.74) is 2.72. The van der Waals surface area contributed by atoms with Crippen LogP contribution in [0, 0.1) is 12.7 Å². The third-order valence-corrected chi connectivity index (χ3v) is 6.05. The van der Waals surface area contributed by atoms with E-state index in [0.717, 1.165) is 15.2 Å². The van der Waals surface area contributed by atoms with Gasteiger partial charge in [0.05, 0.1) is 11.1 Å². The van der Waals surface area contributed by atoms with Crippen LogP contribution >= 0.6 is 0 Å². The molecule has 1 aromatic heterocycles. The van der Waals surface area contributed by atoms with E-state index in [9.17, 15) is 12.8 Å². The monoisotopic (exact) mass is 423 g/mol. The molecular formula is C22H18FN3O3S. The second-order valence-electron chi connectivity index (χ2n) is 6.71. The van der Waals surface area contributed by atoms with Crippen molar-refractivity contribution in [3.8, 4) is 17.0 Å². The molecule has 1 heterocycles. The van der Waals surface area contributed by atoms with Crippen LogP contribution in [-0.4, -0.2) is 22.8 Å². The summed E-state index contributed by atoms with van der Waals surface area (Å²) in [5.74, 6) is 0.201. The summed E-state index contributed by atoms with van der Waals surface area (Å²) in [4.78, 5) is 0.130. The van der Waals surface area contributed by atoms with E-state index in [1.807, 2.05) is 6.92 Å². The molecule has 0 saturated heterocycles. The number of aromatic nitrogens is 3. The molecule has 0 saturated carbocycles. The van der Waals surface area contributed by atoms with E-state index in [1.165, 1.54) is 30.5 Å². The van der Waals surface area contributed by atoms with Gasteiger partial charge in [0.25, 0.3) is 10.0 Å². The lowest BCUT2D eigenvalue weighted by atomic mass is 10.1. The molecule has 0 atom stereocenters. The second-order valence-corrected chi connectivity index (χ2v) is 8.50. The first-order valence-corrected chi connectivity index (χ1v) is 10.6. The molecule has 8 heteroatoms. The molecule has 3 aromatic carbocycles. The number of hydrogen-bond acceptors (Lipinski definition) is 5. The van der Waals surface area contributed by atoms with Crippen LogP contribution in [-0.2, 0) is 16.6 Å². The van der Waals surface area contributed by atoms with Crippen LogP contribution in [0.2, 0.25) is 0 Å². The number of halogens is 1. The fraction of sp³-hybridized carbons (Fsp3) is 0.0909. The Labute approximate surface area is 173 Å². The maximum atomic E-state index is 13.1. The standard InChI is InChI=1S/C22H18FN3O3S/c1-16-6-12-19(13-7-16)30(27,28)26-14-21(24-25-26)20-4-2-3-5-22(20)29-15-17-8-10-18(23)11-9-17/h2-14H,15H2,1H3. The van der Waals surface area contributed by atoms with Gasteiger partial charge < -0.3 is 4.74 Å². The van der Waals surface area contributed by atoms with Gasteiger partial charge in [-0.15, -0.1) is 9.19 Å². The maximum absolute atomic E-state index is 13.1. The van der Waals surface area contributed by atoms with Crippen molar-refractivity contribution in [3.63, 3.8) is 0 Å². The molecule has 0 aliphatic rings. The van der Waals surface area contributed by atoms with Crippen LogP contribution in [0.5, 0.6) is 5.75 Å². The second kappa shape index (κ2) is 8.08. The van der Waals surface area contributed by atoms with Crippen molar-refractivity contribution in [2.24, 2.45) is 0 Å². The molecule has 4 aromatic rings. The SMILES string of the molecule is Cc1ccc(S(=O)(=O)n2cc(-c3ccccc3OCc3ccc(F)cc3)nn2)cc1. The molecule has 0 aliphatic heterocycles. The van der Waals surface area contributed by atoms with Crippen LogP contribution in [0.15, 0.2) is 83.9 Å². The minimum atomic E-state index is -3.85. The quantitative estimate of drug-likeness (QED) is 0.465. The van der Waals surface area contributed by atoms with Crippen molar-refractivity contribution in [3.05, 3.63) is 95.9 Å². The van der Waals surface area contributed by atoms with Gasteiger partial charge in [-0.2, -0.15) is 8.42 Å². The lowest BCUT2D eigenvalue weighted by Crippen LogP contribution is -2.13. The minimum Gasteiger partial charge on any atom is -0.488 e. The molecule has 4 rings (SSSR count). The molecule has 152 valence electrons. The first-order valence-electron chi connectivity index (χ1n) is 9.15. The summed E-state index contributed by atoms with van der Waals surface area (Å²) in [5, 5.41) is 7.84. The fourth-order valence-corrected chi connectivity index (χ4v) is 3.92. The average Bonchev–Trinajstić information content (AvgIpc) is 3.25. The van der Waals surface area contributed by atoms with Crippen molar-refractivity contribution >= 4 is 10.0 Å². The summed E-state index contributed by atoms with van der Waals surface area (Å²) in [6.07, 6.45) is 1.36. The first kappa shape index (κ1) is 19.8. The molecule has 0 N–H and O–H groups in total. The van der Waals surface area contributed by atoms with Gasteiger partial charge in [0, 0.05) is 5.56 Å². The van der Waals surface area contributed by atoms with Gasteiger partial charge in [-0.3, -0.25) is 0 Å². The number of aryl methyl sites for hydroxylation is 1. The molecular weight excluding hydrogens is 405 g/mol. The Bertz CT molecular complexity index is 1270. The molecule has 0 radical (unpaired) electrons. The van der Waals surface area contributed by atoms with E-state index in [1.54, 1.807) is 48.5 Å². The fourth-order valence-electron chi connectivity index (χ4n) is 2.85. The largest absolute Gasteiger partial charge is 0.488 e. The van der Waals surface area contributed by atoms with E-state index in [4.69, 9.17) is 4.74 Å². The summed E-state index contributed by atoms with van der Waals surface area (Å²) in [6, 6.07) is 19.7. The van der Waals surface area contributed by atoms with Crippen LogP contribution < -0.4 is 4.74 Å². The lowest BCUT2D eigenvalue weighted by molar-refractivity contribution is 0.307. The summed E-state index contributed by atoms with van der Waals surface area (Å²) in [6.45, 7) is 2.11. The van der Waals surface area contributed by atoms with Crippen molar-refractivity contribution in [2.75, 3.05) is 0 Å². The Hall–Kier alpha value is -3.52. The zero-order valence-corrected chi connectivity index (χ0v) is 16.9. The maximum Gasteiger partial charge on any atom is 0.284 e. The third-order valence-electron chi connectivity index (χ3n) is 4.51. The van der Waals surface area contributed by atoms with Gasteiger partial charge in [-0.05, 0) is 48.9 Å². The van der Waals surface area contributed by atoms with Crippen molar-refractivity contribution in [1.82, 2.24) is 14.4 Å². The molecule has 30 heavy (non-hydrogen) atoms. The van der Waals surface area contributed by atoms with Crippen molar-refractivity contribution in [1.29, 1.82) is 0 Å². The van der Waals surface area contributed by atoms with Crippen LogP contribution in [0.25, 0.3) is 11.3 Å². The highest BCUT2D eigenvalue weighted by molar-refractivity contribution is 7.89. The van der Waals surface area contributed by atoms with E-state index in [0.29, 0.717) is 17.0 Å². The molecule has 0 fully saturated rings. The van der Waals surface area contributed by atoms with Crippen LogP contribution in [0.1, 0.15) is 11.1 Å². The zero-order valence-electron chi connectivity index (χ0n) is 16.1. The Morgan fingerprint density at radius 3 is 2.40 bits per heavy atom. The van der Waals surface area contributed by atoms with Crippen LogP contribution in [0.3, 0.4) is 0 Å². The van der Waals surface area contributed by atoms with E-state index >= 15 is 0 Å².